The van der Waals surface area contributed by atoms with Gasteiger partial charge in [0.15, 0.2) is 0 Å². The summed E-state index contributed by atoms with van der Waals surface area (Å²) in [6.07, 6.45) is 4.98. The maximum absolute atomic E-state index is 13.2. The summed E-state index contributed by atoms with van der Waals surface area (Å²) >= 11 is 0. The van der Waals surface area contributed by atoms with Crippen molar-refractivity contribution in [2.24, 2.45) is 5.92 Å². The predicted molar refractivity (Wildman–Crippen MR) is 99.9 cm³/mol. The van der Waals surface area contributed by atoms with Gasteiger partial charge in [0.05, 0.1) is 5.92 Å². The summed E-state index contributed by atoms with van der Waals surface area (Å²) in [5.74, 6) is -1.55. The largest absolute Gasteiger partial charge is 0.480 e. The van der Waals surface area contributed by atoms with Crippen LogP contribution >= 0.6 is 0 Å². The van der Waals surface area contributed by atoms with Crippen LogP contribution in [-0.2, 0) is 9.59 Å². The Bertz CT molecular complexity index is 793. The lowest BCUT2D eigenvalue weighted by atomic mass is 9.83. The highest BCUT2D eigenvalue weighted by Gasteiger charge is 2.37. The fourth-order valence-corrected chi connectivity index (χ4v) is 4.52. The van der Waals surface area contributed by atoms with Crippen LogP contribution < -0.4 is 5.32 Å². The van der Waals surface area contributed by atoms with Crippen LogP contribution in [0.25, 0.3) is 11.1 Å². The Morgan fingerprint density at radius 2 is 1.42 bits per heavy atom. The van der Waals surface area contributed by atoms with E-state index < -0.39 is 17.9 Å². The molecular weight excluding hydrogens is 326 g/mol. The Kier molecular flexibility index (Phi) is 4.49. The van der Waals surface area contributed by atoms with Gasteiger partial charge in [-0.2, -0.15) is 0 Å². The summed E-state index contributed by atoms with van der Waals surface area (Å²) in [5.41, 5.74) is 4.04. The number of hydrogen-bond acceptors (Lipinski definition) is 2. The molecule has 1 saturated carbocycles. The Morgan fingerprint density at radius 1 is 0.885 bits per heavy atom. The molecule has 1 amide bonds. The lowest BCUT2D eigenvalue weighted by molar-refractivity contribution is -0.144. The summed E-state index contributed by atoms with van der Waals surface area (Å²) in [4.78, 5) is 25.0. The van der Waals surface area contributed by atoms with Crippen LogP contribution in [-0.4, -0.2) is 23.0 Å². The van der Waals surface area contributed by atoms with E-state index in [1.54, 1.807) is 0 Å². The number of fused-ring (bicyclic) bond motifs is 3. The number of rotatable bonds is 4. The molecule has 0 aliphatic heterocycles. The van der Waals surface area contributed by atoms with Crippen molar-refractivity contribution in [3.63, 3.8) is 0 Å². The van der Waals surface area contributed by atoms with Gasteiger partial charge >= 0.3 is 5.97 Å². The highest BCUT2D eigenvalue weighted by Crippen LogP contribution is 2.44. The van der Waals surface area contributed by atoms with E-state index in [0.29, 0.717) is 0 Å². The Hall–Kier alpha value is -2.62. The van der Waals surface area contributed by atoms with Crippen molar-refractivity contribution < 1.29 is 14.7 Å². The minimum Gasteiger partial charge on any atom is -0.480 e. The van der Waals surface area contributed by atoms with Gasteiger partial charge < -0.3 is 10.4 Å². The van der Waals surface area contributed by atoms with Crippen molar-refractivity contribution in [3.8, 4) is 11.1 Å². The van der Waals surface area contributed by atoms with Crippen LogP contribution in [0.15, 0.2) is 48.5 Å². The van der Waals surface area contributed by atoms with E-state index in [0.717, 1.165) is 54.4 Å². The number of benzene rings is 2. The average Bonchev–Trinajstić information content (AvgIpc) is 3.01. The molecule has 0 aromatic heterocycles. The van der Waals surface area contributed by atoms with Crippen LogP contribution in [0.2, 0.25) is 0 Å². The first kappa shape index (κ1) is 16.8. The van der Waals surface area contributed by atoms with Crippen molar-refractivity contribution in [1.29, 1.82) is 0 Å². The molecule has 26 heavy (non-hydrogen) atoms. The quantitative estimate of drug-likeness (QED) is 0.878. The number of carbonyl (C=O) groups excluding carboxylic acids is 1. The zero-order valence-electron chi connectivity index (χ0n) is 14.7. The Balaban J connectivity index is 1.64. The minimum atomic E-state index is -0.926. The molecule has 2 N–H and O–H groups in total. The average molecular weight is 349 g/mol. The molecule has 2 aliphatic carbocycles. The third-order valence-electron chi connectivity index (χ3n) is 5.78. The second-order valence-corrected chi connectivity index (χ2v) is 7.33. The van der Waals surface area contributed by atoms with Crippen LogP contribution in [0.3, 0.4) is 0 Å². The van der Waals surface area contributed by atoms with E-state index in [-0.39, 0.29) is 11.8 Å². The van der Waals surface area contributed by atoms with E-state index >= 15 is 0 Å². The first-order valence-corrected chi connectivity index (χ1v) is 9.38. The summed E-state index contributed by atoms with van der Waals surface area (Å²) in [6, 6.07) is 15.0. The first-order chi connectivity index (χ1) is 12.7. The molecule has 1 fully saturated rings. The number of nitrogens with one attached hydrogen (secondary N) is 1. The number of carboxylic acid groups (broad SMARTS) is 1. The van der Waals surface area contributed by atoms with Gasteiger partial charge in [-0.1, -0.05) is 67.8 Å². The molecule has 0 unspecified atom stereocenters. The highest BCUT2D eigenvalue weighted by atomic mass is 16.4. The van der Waals surface area contributed by atoms with Crippen molar-refractivity contribution in [2.45, 2.75) is 44.1 Å². The molecule has 4 nitrogen and oxygen atoms in total. The Morgan fingerprint density at radius 3 is 1.96 bits per heavy atom. The van der Waals surface area contributed by atoms with Crippen molar-refractivity contribution in [1.82, 2.24) is 5.32 Å². The summed E-state index contributed by atoms with van der Waals surface area (Å²) in [5, 5.41) is 12.6. The molecule has 134 valence electrons. The van der Waals surface area contributed by atoms with Crippen molar-refractivity contribution in [3.05, 3.63) is 59.7 Å². The van der Waals surface area contributed by atoms with E-state index in [1.165, 1.54) is 0 Å². The molecular formula is C22H23NO3. The fraction of sp³-hybridized carbons (Fsp3) is 0.364. The van der Waals surface area contributed by atoms with E-state index in [2.05, 4.69) is 5.32 Å². The lowest BCUT2D eigenvalue weighted by Crippen LogP contribution is -2.48. The second-order valence-electron chi connectivity index (χ2n) is 7.33. The van der Waals surface area contributed by atoms with E-state index in [1.807, 2.05) is 48.5 Å². The fourth-order valence-electron chi connectivity index (χ4n) is 4.52. The maximum atomic E-state index is 13.2. The molecule has 1 atom stereocenters. The molecule has 4 rings (SSSR count). The monoisotopic (exact) mass is 349 g/mol. The predicted octanol–water partition coefficient (Wildman–Crippen LogP) is 3.95. The number of carbonyl (C=O) groups is 2. The molecule has 0 bridgehead atoms. The lowest BCUT2D eigenvalue weighted by Gasteiger charge is -2.29. The zero-order chi connectivity index (χ0) is 18.1. The van der Waals surface area contributed by atoms with Gasteiger partial charge in [0, 0.05) is 0 Å². The third-order valence-corrected chi connectivity index (χ3v) is 5.78. The van der Waals surface area contributed by atoms with Crippen molar-refractivity contribution >= 4 is 11.9 Å². The number of aliphatic carboxylic acids is 1. The summed E-state index contributed by atoms with van der Waals surface area (Å²) in [7, 11) is 0. The smallest absolute Gasteiger partial charge is 0.326 e. The topological polar surface area (TPSA) is 66.4 Å². The molecule has 4 heteroatoms. The van der Waals surface area contributed by atoms with Gasteiger partial charge in [-0.15, -0.1) is 0 Å². The van der Waals surface area contributed by atoms with Gasteiger partial charge in [-0.3, -0.25) is 4.79 Å². The first-order valence-electron chi connectivity index (χ1n) is 9.38. The summed E-state index contributed by atoms with van der Waals surface area (Å²) < 4.78 is 0. The van der Waals surface area contributed by atoms with Gasteiger partial charge in [-0.25, -0.2) is 4.79 Å². The minimum absolute atomic E-state index is 0.0251. The maximum Gasteiger partial charge on any atom is 0.326 e. The normalized spacial score (nSPS) is 18.0. The van der Waals surface area contributed by atoms with Crippen LogP contribution in [0, 0.1) is 5.92 Å². The van der Waals surface area contributed by atoms with Gasteiger partial charge in [0.25, 0.3) is 0 Å². The molecule has 2 aromatic rings. The molecule has 0 heterocycles. The van der Waals surface area contributed by atoms with Gasteiger partial charge in [0.1, 0.15) is 6.04 Å². The summed E-state index contributed by atoms with van der Waals surface area (Å²) in [6.45, 7) is 0. The van der Waals surface area contributed by atoms with Crippen LogP contribution in [0.1, 0.15) is 49.1 Å². The number of hydrogen-bond donors (Lipinski definition) is 2. The second kappa shape index (κ2) is 6.94. The Labute approximate surface area is 153 Å². The highest BCUT2D eigenvalue weighted by molar-refractivity contribution is 5.97. The number of amides is 1. The van der Waals surface area contributed by atoms with Gasteiger partial charge in [0.2, 0.25) is 5.91 Å². The number of carboxylic acids is 1. The zero-order valence-corrected chi connectivity index (χ0v) is 14.7. The third kappa shape index (κ3) is 2.90. The molecule has 0 spiro atoms. The molecule has 0 saturated heterocycles. The molecule has 2 aliphatic rings. The van der Waals surface area contributed by atoms with Crippen LogP contribution in [0.5, 0.6) is 0 Å². The van der Waals surface area contributed by atoms with Crippen molar-refractivity contribution in [2.75, 3.05) is 0 Å². The SMILES string of the molecule is O=C(N[C@@H](C(=O)O)C1CCCCC1)C1c2ccccc2-c2ccccc21. The standard InChI is InChI=1S/C22H23NO3/c24-21(23-20(22(25)26)14-8-2-1-3-9-14)19-17-12-6-4-10-15(17)16-11-5-7-13-18(16)19/h4-7,10-14,19-20H,1-3,8-9H2,(H,23,24)(H,25,26)/t20-/m1/s1. The van der Waals surface area contributed by atoms with E-state index in [4.69, 9.17) is 0 Å². The van der Waals surface area contributed by atoms with Gasteiger partial charge in [-0.05, 0) is 41.0 Å². The van der Waals surface area contributed by atoms with Crippen LogP contribution in [0.4, 0.5) is 0 Å². The van der Waals surface area contributed by atoms with E-state index in [9.17, 15) is 14.7 Å². The molecule has 0 radical (unpaired) electrons. The molecule has 2 aromatic carbocycles.